The Balaban J connectivity index is 1.45. The average molecular weight is 357 g/mol. The van der Waals surface area contributed by atoms with Crippen LogP contribution in [0.1, 0.15) is 0 Å². The fraction of sp³-hybridized carbons (Fsp3) is 0.263. The summed E-state index contributed by atoms with van der Waals surface area (Å²) < 4.78 is 18.7. The van der Waals surface area contributed by atoms with Crippen molar-refractivity contribution in [3.8, 4) is 5.75 Å². The van der Waals surface area contributed by atoms with E-state index in [9.17, 15) is 14.0 Å². The summed E-state index contributed by atoms with van der Waals surface area (Å²) in [6.45, 7) is 1.48. The van der Waals surface area contributed by atoms with Gasteiger partial charge in [0, 0.05) is 31.9 Å². The van der Waals surface area contributed by atoms with E-state index < -0.39 is 5.82 Å². The number of nitrogens with zero attached hydrogens (tertiary/aromatic N) is 2. The van der Waals surface area contributed by atoms with E-state index in [0.29, 0.717) is 26.2 Å². The fourth-order valence-electron chi connectivity index (χ4n) is 2.68. The van der Waals surface area contributed by atoms with Gasteiger partial charge in [0.2, 0.25) is 0 Å². The van der Waals surface area contributed by atoms with Crippen LogP contribution in [0, 0.1) is 5.82 Å². The summed E-state index contributed by atoms with van der Waals surface area (Å²) >= 11 is 0. The Kier molecular flexibility index (Phi) is 5.68. The number of ether oxygens (including phenoxy) is 1. The average Bonchev–Trinajstić information content (AvgIpc) is 2.68. The summed E-state index contributed by atoms with van der Waals surface area (Å²) in [5, 5.41) is 2.83. The number of nitrogens with one attached hydrogen (secondary N) is 1. The lowest BCUT2D eigenvalue weighted by atomic mass is 10.3. The summed E-state index contributed by atoms with van der Waals surface area (Å²) in [5.41, 5.74) is 0.731. The van der Waals surface area contributed by atoms with Gasteiger partial charge in [-0.2, -0.15) is 0 Å². The molecule has 0 saturated carbocycles. The van der Waals surface area contributed by atoms with Crippen molar-refractivity contribution in [3.63, 3.8) is 0 Å². The minimum atomic E-state index is -0.497. The maximum atomic E-state index is 13.5. The smallest absolute Gasteiger partial charge is 0.321 e. The minimum absolute atomic E-state index is 0.0572. The summed E-state index contributed by atoms with van der Waals surface area (Å²) in [5.74, 6) is -0.666. The first-order valence-electron chi connectivity index (χ1n) is 8.39. The maximum Gasteiger partial charge on any atom is 0.321 e. The van der Waals surface area contributed by atoms with E-state index in [0.717, 1.165) is 5.69 Å². The third kappa shape index (κ3) is 4.50. The first kappa shape index (κ1) is 17.7. The van der Waals surface area contributed by atoms with Gasteiger partial charge in [-0.3, -0.25) is 4.79 Å². The van der Waals surface area contributed by atoms with E-state index in [2.05, 4.69) is 5.32 Å². The topological polar surface area (TPSA) is 61.9 Å². The molecule has 3 rings (SSSR count). The molecule has 1 aliphatic heterocycles. The molecule has 0 radical (unpaired) electrons. The molecule has 7 heteroatoms. The highest BCUT2D eigenvalue weighted by atomic mass is 19.1. The lowest BCUT2D eigenvalue weighted by molar-refractivity contribution is -0.134. The van der Waals surface area contributed by atoms with Crippen LogP contribution >= 0.6 is 0 Å². The molecule has 2 aromatic carbocycles. The second-order valence-electron chi connectivity index (χ2n) is 5.88. The molecule has 1 saturated heterocycles. The largest absolute Gasteiger partial charge is 0.481 e. The van der Waals surface area contributed by atoms with Gasteiger partial charge in [0.05, 0.1) is 0 Å². The van der Waals surface area contributed by atoms with Crippen molar-refractivity contribution in [3.05, 3.63) is 60.4 Å². The fourth-order valence-corrected chi connectivity index (χ4v) is 2.68. The molecular formula is C19H20FN3O3. The van der Waals surface area contributed by atoms with Crippen molar-refractivity contribution >= 4 is 17.6 Å². The van der Waals surface area contributed by atoms with Gasteiger partial charge in [-0.15, -0.1) is 0 Å². The lowest BCUT2D eigenvalue weighted by Crippen LogP contribution is -2.52. The first-order valence-corrected chi connectivity index (χ1v) is 8.39. The molecule has 0 spiro atoms. The Hall–Kier alpha value is -3.09. The van der Waals surface area contributed by atoms with E-state index in [1.165, 1.54) is 12.1 Å². The predicted molar refractivity (Wildman–Crippen MR) is 95.5 cm³/mol. The van der Waals surface area contributed by atoms with Crippen LogP contribution in [0.3, 0.4) is 0 Å². The number of halogens is 1. The van der Waals surface area contributed by atoms with Gasteiger partial charge < -0.3 is 19.9 Å². The molecule has 0 unspecified atom stereocenters. The van der Waals surface area contributed by atoms with Crippen LogP contribution < -0.4 is 10.1 Å². The van der Waals surface area contributed by atoms with Crippen LogP contribution in [-0.4, -0.2) is 54.5 Å². The quantitative estimate of drug-likeness (QED) is 0.915. The maximum absolute atomic E-state index is 13.5. The number of hydrogen-bond acceptors (Lipinski definition) is 3. The molecule has 1 heterocycles. The monoisotopic (exact) mass is 357 g/mol. The van der Waals surface area contributed by atoms with E-state index in [1.54, 1.807) is 21.9 Å². The zero-order chi connectivity index (χ0) is 18.4. The van der Waals surface area contributed by atoms with Gasteiger partial charge in [-0.1, -0.05) is 30.3 Å². The summed E-state index contributed by atoms with van der Waals surface area (Å²) in [6, 6.07) is 15.0. The number of benzene rings is 2. The van der Waals surface area contributed by atoms with Crippen molar-refractivity contribution in [1.82, 2.24) is 9.80 Å². The van der Waals surface area contributed by atoms with Crippen LogP contribution in [-0.2, 0) is 4.79 Å². The predicted octanol–water partition coefficient (Wildman–Crippen LogP) is 2.58. The normalized spacial score (nSPS) is 14.0. The highest BCUT2D eigenvalue weighted by Crippen LogP contribution is 2.15. The van der Waals surface area contributed by atoms with Gasteiger partial charge in [-0.05, 0) is 24.3 Å². The van der Waals surface area contributed by atoms with Crippen molar-refractivity contribution < 1.29 is 18.7 Å². The number of carbonyl (C=O) groups excluding carboxylic acids is 2. The van der Waals surface area contributed by atoms with Crippen LogP contribution in [0.4, 0.5) is 14.9 Å². The SMILES string of the molecule is O=C(COc1ccccc1F)N1CCN(C(=O)Nc2ccccc2)CC1. The van der Waals surface area contributed by atoms with E-state index in [-0.39, 0.29) is 24.3 Å². The number of hydrogen-bond donors (Lipinski definition) is 1. The van der Waals surface area contributed by atoms with Crippen molar-refractivity contribution in [1.29, 1.82) is 0 Å². The lowest BCUT2D eigenvalue weighted by Gasteiger charge is -2.34. The number of urea groups is 1. The Labute approximate surface area is 151 Å². The van der Waals surface area contributed by atoms with Gasteiger partial charge in [0.1, 0.15) is 0 Å². The first-order chi connectivity index (χ1) is 12.6. The minimum Gasteiger partial charge on any atom is -0.481 e. The van der Waals surface area contributed by atoms with E-state index in [1.807, 2.05) is 30.3 Å². The van der Waals surface area contributed by atoms with Crippen molar-refractivity contribution in [2.75, 3.05) is 38.1 Å². The number of amides is 3. The molecule has 1 aliphatic rings. The second kappa shape index (κ2) is 8.33. The molecule has 0 bridgehead atoms. The third-order valence-corrected chi connectivity index (χ3v) is 4.13. The Morgan fingerprint density at radius 3 is 2.23 bits per heavy atom. The molecule has 1 N–H and O–H groups in total. The second-order valence-corrected chi connectivity index (χ2v) is 5.88. The standard InChI is InChI=1S/C19H20FN3O3/c20-16-8-4-5-9-17(16)26-14-18(24)22-10-12-23(13-11-22)19(25)21-15-6-2-1-3-7-15/h1-9H,10-14H2,(H,21,25). The van der Waals surface area contributed by atoms with E-state index >= 15 is 0 Å². The van der Waals surface area contributed by atoms with Crippen LogP contribution in [0.5, 0.6) is 5.75 Å². The molecule has 0 aromatic heterocycles. The molecular weight excluding hydrogens is 337 g/mol. The highest BCUT2D eigenvalue weighted by Gasteiger charge is 2.24. The zero-order valence-corrected chi connectivity index (χ0v) is 14.2. The Morgan fingerprint density at radius 1 is 0.923 bits per heavy atom. The summed E-state index contributed by atoms with van der Waals surface area (Å²) in [6.07, 6.45) is 0. The highest BCUT2D eigenvalue weighted by molar-refractivity contribution is 5.89. The van der Waals surface area contributed by atoms with Crippen LogP contribution in [0.15, 0.2) is 54.6 Å². The van der Waals surface area contributed by atoms with Gasteiger partial charge in [0.15, 0.2) is 18.2 Å². The molecule has 2 aromatic rings. The zero-order valence-electron chi connectivity index (χ0n) is 14.2. The Bertz CT molecular complexity index is 762. The molecule has 1 fully saturated rings. The van der Waals surface area contributed by atoms with Crippen molar-refractivity contribution in [2.24, 2.45) is 0 Å². The summed E-state index contributed by atoms with van der Waals surface area (Å²) in [7, 11) is 0. The van der Waals surface area contributed by atoms with Gasteiger partial charge in [0.25, 0.3) is 5.91 Å². The molecule has 136 valence electrons. The molecule has 3 amide bonds. The molecule has 26 heavy (non-hydrogen) atoms. The Morgan fingerprint density at radius 2 is 1.54 bits per heavy atom. The van der Waals surface area contributed by atoms with Gasteiger partial charge in [-0.25, -0.2) is 9.18 Å². The molecule has 0 aliphatic carbocycles. The number of para-hydroxylation sites is 2. The number of rotatable bonds is 4. The molecule has 0 atom stereocenters. The number of carbonyl (C=O) groups is 2. The molecule has 6 nitrogen and oxygen atoms in total. The number of piperazine rings is 1. The third-order valence-electron chi connectivity index (χ3n) is 4.13. The summed E-state index contributed by atoms with van der Waals surface area (Å²) in [4.78, 5) is 27.7. The van der Waals surface area contributed by atoms with Crippen LogP contribution in [0.25, 0.3) is 0 Å². The van der Waals surface area contributed by atoms with Crippen LogP contribution in [0.2, 0.25) is 0 Å². The number of anilines is 1. The van der Waals surface area contributed by atoms with E-state index in [4.69, 9.17) is 4.74 Å². The van der Waals surface area contributed by atoms with Gasteiger partial charge >= 0.3 is 6.03 Å². The van der Waals surface area contributed by atoms with Crippen molar-refractivity contribution in [2.45, 2.75) is 0 Å².